The number of hydrogen-bond acceptors (Lipinski definition) is 4. The average Bonchev–Trinajstić information content (AvgIpc) is 2.44. The lowest BCUT2D eigenvalue weighted by Crippen LogP contribution is -2.17. The molecule has 0 radical (unpaired) electrons. The van der Waals surface area contributed by atoms with Gasteiger partial charge in [-0.25, -0.2) is 4.98 Å². The van der Waals surface area contributed by atoms with E-state index in [1.165, 1.54) is 0 Å². The first kappa shape index (κ1) is 16.8. The molecule has 1 aromatic carbocycles. The van der Waals surface area contributed by atoms with Crippen LogP contribution in [0.3, 0.4) is 0 Å². The third-order valence-electron chi connectivity index (χ3n) is 2.52. The number of hydrogen-bond donors (Lipinski definition) is 1. The number of halogens is 4. The summed E-state index contributed by atoms with van der Waals surface area (Å²) >= 11 is 3.98. The minimum Gasteiger partial charge on any atom is -0.301 e. The number of ketones is 1. The fraction of sp³-hybridized carbons (Fsp3) is 0.154. The number of aromatic amines is 1. The van der Waals surface area contributed by atoms with Crippen LogP contribution in [-0.4, -0.2) is 21.5 Å². The Balaban J connectivity index is 2.11. The van der Waals surface area contributed by atoms with Crippen LogP contribution in [0.4, 0.5) is 13.2 Å². The second kappa shape index (κ2) is 6.66. The number of carbonyl (C=O) groups excluding carboxylic acids is 1. The Morgan fingerprint density at radius 2 is 1.91 bits per heavy atom. The molecule has 0 bridgehead atoms. The molecule has 0 aliphatic heterocycles. The second-order valence-corrected chi connectivity index (χ2v) is 6.03. The number of thioether (sulfide) groups is 1. The van der Waals surface area contributed by atoms with Crippen molar-refractivity contribution < 1.29 is 18.0 Å². The fourth-order valence-electron chi connectivity index (χ4n) is 1.50. The smallest absolute Gasteiger partial charge is 0.301 e. The number of nitrogens with zero attached hydrogens (tertiary/aromatic N) is 1. The zero-order valence-electron chi connectivity index (χ0n) is 10.8. The minimum atomic E-state index is -4.71. The zero-order valence-corrected chi connectivity index (χ0v) is 13.2. The Morgan fingerprint density at radius 3 is 2.50 bits per heavy atom. The molecule has 9 heteroatoms. The molecule has 0 saturated heterocycles. The highest BCUT2D eigenvalue weighted by molar-refractivity contribution is 9.10. The van der Waals surface area contributed by atoms with Crippen molar-refractivity contribution in [2.24, 2.45) is 0 Å². The van der Waals surface area contributed by atoms with Gasteiger partial charge in [-0.2, -0.15) is 13.2 Å². The average molecular weight is 393 g/mol. The van der Waals surface area contributed by atoms with Gasteiger partial charge in [0.1, 0.15) is 0 Å². The van der Waals surface area contributed by atoms with Gasteiger partial charge in [0.25, 0.3) is 5.56 Å². The molecule has 1 N–H and O–H groups in total. The summed E-state index contributed by atoms with van der Waals surface area (Å²) in [7, 11) is 0. The molecule has 4 nitrogen and oxygen atoms in total. The van der Waals surface area contributed by atoms with Gasteiger partial charge in [-0.15, -0.1) is 0 Å². The van der Waals surface area contributed by atoms with Crippen LogP contribution >= 0.6 is 27.7 Å². The number of nitrogens with one attached hydrogen (secondary N) is 1. The Hall–Kier alpha value is -1.61. The Labute approximate surface area is 135 Å². The number of carbonyl (C=O) groups is 1. The van der Waals surface area contributed by atoms with E-state index in [-0.39, 0.29) is 16.7 Å². The van der Waals surface area contributed by atoms with Gasteiger partial charge in [0.05, 0.1) is 5.75 Å². The number of benzene rings is 1. The Kier molecular flexibility index (Phi) is 5.07. The summed E-state index contributed by atoms with van der Waals surface area (Å²) in [5.41, 5.74) is -1.78. The molecule has 22 heavy (non-hydrogen) atoms. The summed E-state index contributed by atoms with van der Waals surface area (Å²) in [5.74, 6) is -0.413. The topological polar surface area (TPSA) is 62.8 Å². The quantitative estimate of drug-likeness (QED) is 0.491. The van der Waals surface area contributed by atoms with Gasteiger partial charge in [0, 0.05) is 16.1 Å². The molecule has 0 fully saturated rings. The van der Waals surface area contributed by atoms with E-state index in [0.29, 0.717) is 11.6 Å². The van der Waals surface area contributed by atoms with E-state index in [1.807, 2.05) is 0 Å². The molecule has 0 atom stereocenters. The predicted molar refractivity (Wildman–Crippen MR) is 79.1 cm³/mol. The van der Waals surface area contributed by atoms with Gasteiger partial charge in [-0.1, -0.05) is 39.8 Å². The second-order valence-electron chi connectivity index (χ2n) is 4.15. The van der Waals surface area contributed by atoms with E-state index >= 15 is 0 Å². The normalized spacial score (nSPS) is 11.5. The van der Waals surface area contributed by atoms with Gasteiger partial charge < -0.3 is 4.98 Å². The third kappa shape index (κ3) is 4.44. The summed E-state index contributed by atoms with van der Waals surface area (Å²) in [4.78, 5) is 28.6. The van der Waals surface area contributed by atoms with Crippen molar-refractivity contribution in [1.29, 1.82) is 0 Å². The molecule has 2 rings (SSSR count). The molecule has 0 spiro atoms. The van der Waals surface area contributed by atoms with Crippen molar-refractivity contribution in [3.63, 3.8) is 0 Å². The number of Topliss-reactive ketones (excluding diaryl/α,β-unsaturated/α-hetero) is 1. The van der Waals surface area contributed by atoms with E-state index in [9.17, 15) is 22.8 Å². The molecule has 0 aliphatic rings. The maximum Gasteiger partial charge on any atom is 0.433 e. The fourth-order valence-corrected chi connectivity index (χ4v) is 2.54. The van der Waals surface area contributed by atoms with E-state index in [0.717, 1.165) is 16.2 Å². The van der Waals surface area contributed by atoms with Gasteiger partial charge >= 0.3 is 6.18 Å². The molecular formula is C13H8BrF3N2O2S. The molecule has 0 amide bonds. The molecular weight excluding hydrogens is 385 g/mol. The lowest BCUT2D eigenvalue weighted by Gasteiger charge is -2.06. The van der Waals surface area contributed by atoms with Crippen LogP contribution in [0, 0.1) is 0 Å². The van der Waals surface area contributed by atoms with E-state index in [4.69, 9.17) is 0 Å². The van der Waals surface area contributed by atoms with Gasteiger partial charge in [-0.05, 0) is 12.1 Å². The summed E-state index contributed by atoms with van der Waals surface area (Å²) in [6.07, 6.45) is -4.71. The summed E-state index contributed by atoms with van der Waals surface area (Å²) < 4.78 is 38.5. The molecule has 2 aromatic rings. The number of rotatable bonds is 4. The van der Waals surface area contributed by atoms with Gasteiger partial charge in [0.2, 0.25) is 0 Å². The van der Waals surface area contributed by atoms with Crippen LogP contribution in [0.25, 0.3) is 0 Å². The van der Waals surface area contributed by atoms with Gasteiger partial charge in [0.15, 0.2) is 16.6 Å². The number of aromatic nitrogens is 2. The lowest BCUT2D eigenvalue weighted by atomic mass is 10.2. The van der Waals surface area contributed by atoms with Crippen LogP contribution in [-0.2, 0) is 6.18 Å². The van der Waals surface area contributed by atoms with Crippen molar-refractivity contribution in [2.45, 2.75) is 11.3 Å². The standard InChI is InChI=1S/C13H8BrF3N2O2S/c14-8-3-1-7(2-4-8)9(20)6-22-12-18-10(13(15,16)17)5-11(21)19-12/h1-5H,6H2,(H,18,19,21). The first-order valence-corrected chi connectivity index (χ1v) is 7.64. The van der Waals surface area contributed by atoms with Crippen LogP contribution < -0.4 is 5.56 Å². The number of alkyl halides is 3. The highest BCUT2D eigenvalue weighted by Crippen LogP contribution is 2.27. The highest BCUT2D eigenvalue weighted by atomic mass is 79.9. The van der Waals surface area contributed by atoms with Crippen molar-refractivity contribution >= 4 is 33.5 Å². The third-order valence-corrected chi connectivity index (χ3v) is 3.92. The van der Waals surface area contributed by atoms with Crippen LogP contribution in [0.15, 0.2) is 44.8 Å². The maximum absolute atomic E-state index is 12.6. The van der Waals surface area contributed by atoms with Crippen molar-refractivity contribution in [3.8, 4) is 0 Å². The summed E-state index contributed by atoms with van der Waals surface area (Å²) in [5, 5.41) is -0.245. The Morgan fingerprint density at radius 1 is 1.27 bits per heavy atom. The highest BCUT2D eigenvalue weighted by Gasteiger charge is 2.33. The molecule has 0 saturated carbocycles. The van der Waals surface area contributed by atoms with Crippen LogP contribution in [0.1, 0.15) is 16.1 Å². The van der Waals surface area contributed by atoms with Crippen LogP contribution in [0.5, 0.6) is 0 Å². The maximum atomic E-state index is 12.6. The monoisotopic (exact) mass is 392 g/mol. The first-order chi connectivity index (χ1) is 10.3. The van der Waals surface area contributed by atoms with Crippen molar-refractivity contribution in [3.05, 3.63) is 56.4 Å². The minimum absolute atomic E-state index is 0.133. The first-order valence-electron chi connectivity index (χ1n) is 5.86. The largest absolute Gasteiger partial charge is 0.433 e. The van der Waals surface area contributed by atoms with E-state index in [2.05, 4.69) is 25.9 Å². The van der Waals surface area contributed by atoms with Crippen LogP contribution in [0.2, 0.25) is 0 Å². The Bertz CT molecular complexity index is 744. The molecule has 116 valence electrons. The van der Waals surface area contributed by atoms with E-state index in [1.54, 1.807) is 24.3 Å². The molecule has 1 heterocycles. The van der Waals surface area contributed by atoms with E-state index < -0.39 is 17.4 Å². The lowest BCUT2D eigenvalue weighted by molar-refractivity contribution is -0.141. The van der Waals surface area contributed by atoms with Crippen molar-refractivity contribution in [1.82, 2.24) is 9.97 Å². The SMILES string of the molecule is O=C(CSc1nc(C(F)(F)F)cc(=O)[nH]1)c1ccc(Br)cc1. The summed E-state index contributed by atoms with van der Waals surface area (Å²) in [6.45, 7) is 0. The summed E-state index contributed by atoms with van der Waals surface area (Å²) in [6, 6.07) is 6.93. The predicted octanol–water partition coefficient (Wildman–Crippen LogP) is 3.53. The molecule has 1 aromatic heterocycles. The van der Waals surface area contributed by atoms with Gasteiger partial charge in [-0.3, -0.25) is 9.59 Å². The molecule has 0 unspecified atom stereocenters. The number of H-pyrrole nitrogens is 1. The van der Waals surface area contributed by atoms with Crippen molar-refractivity contribution in [2.75, 3.05) is 5.75 Å². The molecule has 0 aliphatic carbocycles. The zero-order chi connectivity index (χ0) is 16.3.